The number of thiocarbonyl (C=S) groups is 1. The highest BCUT2D eigenvalue weighted by molar-refractivity contribution is 7.80. The van der Waals surface area contributed by atoms with Crippen molar-refractivity contribution < 1.29 is 4.79 Å². The summed E-state index contributed by atoms with van der Waals surface area (Å²) in [5.74, 6) is 0.401. The minimum absolute atomic E-state index is 0.0561. The van der Waals surface area contributed by atoms with E-state index in [-0.39, 0.29) is 11.3 Å². The standard InChI is InChI=1S/C10H16N2OS/c1-6-4-9(2,3)5-10(6)7(13)11-8(14)12-10/h6H,4-5H2,1-3H3,(H2,11,12,13,14). The molecule has 1 spiro atoms. The van der Waals surface area contributed by atoms with Crippen LogP contribution in [0.15, 0.2) is 0 Å². The fourth-order valence-corrected chi connectivity index (χ4v) is 3.26. The maximum atomic E-state index is 11.8. The van der Waals surface area contributed by atoms with E-state index in [0.29, 0.717) is 11.0 Å². The molecule has 1 saturated heterocycles. The smallest absolute Gasteiger partial charge is 0.252 e. The molecule has 14 heavy (non-hydrogen) atoms. The molecule has 0 radical (unpaired) electrons. The summed E-state index contributed by atoms with van der Waals surface area (Å²) < 4.78 is 0. The molecule has 0 aromatic rings. The first kappa shape index (κ1) is 9.90. The summed E-state index contributed by atoms with van der Waals surface area (Å²) in [5.41, 5.74) is -0.204. The van der Waals surface area contributed by atoms with Gasteiger partial charge in [0.05, 0.1) is 0 Å². The van der Waals surface area contributed by atoms with E-state index in [0.717, 1.165) is 12.8 Å². The van der Waals surface area contributed by atoms with Gasteiger partial charge in [-0.1, -0.05) is 20.8 Å². The van der Waals surface area contributed by atoms with Crippen molar-refractivity contribution >= 4 is 23.2 Å². The van der Waals surface area contributed by atoms with E-state index >= 15 is 0 Å². The molecule has 78 valence electrons. The molecule has 3 nitrogen and oxygen atoms in total. The Labute approximate surface area is 89.6 Å². The third-order valence-corrected chi connectivity index (χ3v) is 3.63. The van der Waals surface area contributed by atoms with Crippen molar-refractivity contribution in [3.05, 3.63) is 0 Å². The first-order valence-corrected chi connectivity index (χ1v) is 5.40. The normalized spacial score (nSPS) is 40.1. The van der Waals surface area contributed by atoms with Crippen molar-refractivity contribution in [2.75, 3.05) is 0 Å². The third kappa shape index (κ3) is 1.24. The van der Waals surface area contributed by atoms with Gasteiger partial charge in [0.15, 0.2) is 5.11 Å². The Hall–Kier alpha value is -0.640. The zero-order valence-electron chi connectivity index (χ0n) is 8.81. The number of rotatable bonds is 0. The predicted octanol–water partition coefficient (Wildman–Crippen LogP) is 1.19. The topological polar surface area (TPSA) is 41.1 Å². The Morgan fingerprint density at radius 2 is 2.14 bits per heavy atom. The minimum Gasteiger partial charge on any atom is -0.348 e. The van der Waals surface area contributed by atoms with Gasteiger partial charge in [0.1, 0.15) is 5.54 Å². The molecular weight excluding hydrogens is 196 g/mol. The molecule has 0 bridgehead atoms. The van der Waals surface area contributed by atoms with Crippen LogP contribution in [0.25, 0.3) is 0 Å². The second-order valence-electron chi connectivity index (χ2n) is 5.33. The number of hydrogen-bond acceptors (Lipinski definition) is 2. The summed E-state index contributed by atoms with van der Waals surface area (Å²) in [5, 5.41) is 6.34. The van der Waals surface area contributed by atoms with Gasteiger partial charge in [-0.15, -0.1) is 0 Å². The summed E-state index contributed by atoms with van der Waals surface area (Å²) >= 11 is 4.99. The molecule has 2 unspecified atom stereocenters. The van der Waals surface area contributed by atoms with E-state index in [1.54, 1.807) is 0 Å². The lowest BCUT2D eigenvalue weighted by molar-refractivity contribution is -0.125. The van der Waals surface area contributed by atoms with Crippen molar-refractivity contribution in [3.8, 4) is 0 Å². The molecule has 1 saturated carbocycles. The monoisotopic (exact) mass is 212 g/mol. The van der Waals surface area contributed by atoms with Gasteiger partial charge < -0.3 is 10.6 Å². The lowest BCUT2D eigenvalue weighted by Gasteiger charge is -2.26. The maximum Gasteiger partial charge on any atom is 0.252 e. The molecule has 1 heterocycles. The highest BCUT2D eigenvalue weighted by atomic mass is 32.1. The SMILES string of the molecule is CC1CC(C)(C)CC12NC(=S)NC2=O. The largest absolute Gasteiger partial charge is 0.348 e. The van der Waals surface area contributed by atoms with Crippen molar-refractivity contribution in [2.24, 2.45) is 11.3 Å². The Morgan fingerprint density at radius 3 is 2.50 bits per heavy atom. The number of carbonyl (C=O) groups is 1. The Balaban J connectivity index is 2.33. The van der Waals surface area contributed by atoms with Gasteiger partial charge in [0.2, 0.25) is 0 Å². The quantitative estimate of drug-likeness (QED) is 0.593. The Morgan fingerprint density at radius 1 is 1.50 bits per heavy atom. The lowest BCUT2D eigenvalue weighted by atomic mass is 9.86. The van der Waals surface area contributed by atoms with Crippen LogP contribution in [0.5, 0.6) is 0 Å². The summed E-state index contributed by atoms with van der Waals surface area (Å²) in [6, 6.07) is 0. The first-order valence-electron chi connectivity index (χ1n) is 4.99. The molecule has 2 rings (SSSR count). The molecule has 1 aliphatic heterocycles. The Bertz CT molecular complexity index is 313. The fourth-order valence-electron chi connectivity index (χ4n) is 2.98. The van der Waals surface area contributed by atoms with Crippen LogP contribution in [-0.4, -0.2) is 16.6 Å². The fraction of sp³-hybridized carbons (Fsp3) is 0.800. The molecule has 2 atom stereocenters. The van der Waals surface area contributed by atoms with Crippen LogP contribution >= 0.6 is 12.2 Å². The van der Waals surface area contributed by atoms with Gasteiger partial charge in [-0.3, -0.25) is 4.79 Å². The van der Waals surface area contributed by atoms with E-state index in [2.05, 4.69) is 31.4 Å². The third-order valence-electron chi connectivity index (χ3n) is 3.43. The molecule has 0 aromatic carbocycles. The molecule has 2 N–H and O–H groups in total. The summed E-state index contributed by atoms with van der Waals surface area (Å²) in [7, 11) is 0. The average Bonchev–Trinajstić information content (AvgIpc) is 2.35. The lowest BCUT2D eigenvalue weighted by Crippen LogP contribution is -2.49. The summed E-state index contributed by atoms with van der Waals surface area (Å²) in [4.78, 5) is 11.8. The van der Waals surface area contributed by atoms with Gasteiger partial charge in [0.25, 0.3) is 5.91 Å². The van der Waals surface area contributed by atoms with Gasteiger partial charge in [-0.25, -0.2) is 0 Å². The number of hydrogen-bond donors (Lipinski definition) is 2. The highest BCUT2D eigenvalue weighted by Gasteiger charge is 2.56. The summed E-state index contributed by atoms with van der Waals surface area (Å²) in [6.45, 7) is 6.53. The van der Waals surface area contributed by atoms with Crippen molar-refractivity contribution in [1.29, 1.82) is 0 Å². The van der Waals surface area contributed by atoms with E-state index in [4.69, 9.17) is 12.2 Å². The minimum atomic E-state index is -0.430. The number of nitrogens with one attached hydrogen (secondary N) is 2. The molecule has 1 aliphatic carbocycles. The number of amides is 1. The first-order chi connectivity index (χ1) is 6.36. The Kier molecular flexibility index (Phi) is 1.90. The van der Waals surface area contributed by atoms with Crippen LogP contribution in [-0.2, 0) is 4.79 Å². The van der Waals surface area contributed by atoms with Gasteiger partial charge in [-0.2, -0.15) is 0 Å². The highest BCUT2D eigenvalue weighted by Crippen LogP contribution is 2.48. The zero-order chi connectivity index (χ0) is 10.6. The van der Waals surface area contributed by atoms with E-state index < -0.39 is 5.54 Å². The second-order valence-corrected chi connectivity index (χ2v) is 5.73. The molecule has 2 fully saturated rings. The predicted molar refractivity (Wildman–Crippen MR) is 58.8 cm³/mol. The van der Waals surface area contributed by atoms with E-state index in [1.807, 2.05) is 0 Å². The molecule has 0 aromatic heterocycles. The van der Waals surface area contributed by atoms with Crippen molar-refractivity contribution in [1.82, 2.24) is 10.6 Å². The van der Waals surface area contributed by atoms with Gasteiger partial charge in [-0.05, 0) is 36.4 Å². The zero-order valence-corrected chi connectivity index (χ0v) is 9.62. The maximum absolute atomic E-state index is 11.8. The van der Waals surface area contributed by atoms with E-state index in [1.165, 1.54) is 0 Å². The van der Waals surface area contributed by atoms with Gasteiger partial charge >= 0.3 is 0 Å². The molecular formula is C10H16N2OS. The van der Waals surface area contributed by atoms with Crippen LogP contribution in [0.2, 0.25) is 0 Å². The van der Waals surface area contributed by atoms with Crippen molar-refractivity contribution in [3.63, 3.8) is 0 Å². The van der Waals surface area contributed by atoms with Gasteiger partial charge in [0, 0.05) is 0 Å². The van der Waals surface area contributed by atoms with Crippen LogP contribution in [0.1, 0.15) is 33.6 Å². The molecule has 2 aliphatic rings. The molecule has 4 heteroatoms. The van der Waals surface area contributed by atoms with Crippen LogP contribution in [0.4, 0.5) is 0 Å². The summed E-state index contributed by atoms with van der Waals surface area (Å²) in [6.07, 6.45) is 1.93. The van der Waals surface area contributed by atoms with E-state index in [9.17, 15) is 4.79 Å². The average molecular weight is 212 g/mol. The van der Waals surface area contributed by atoms with Crippen LogP contribution in [0, 0.1) is 11.3 Å². The van der Waals surface area contributed by atoms with Crippen LogP contribution in [0.3, 0.4) is 0 Å². The molecule has 1 amide bonds. The second kappa shape index (κ2) is 2.69. The van der Waals surface area contributed by atoms with Crippen molar-refractivity contribution in [2.45, 2.75) is 39.2 Å². The van der Waals surface area contributed by atoms with Crippen LogP contribution < -0.4 is 10.6 Å². The number of carbonyl (C=O) groups excluding carboxylic acids is 1.